The number of fused-ring (bicyclic) bond motifs is 3. The number of amides is 3. The van der Waals surface area contributed by atoms with E-state index in [0.29, 0.717) is 17.8 Å². The Labute approximate surface area is 182 Å². The molecule has 0 spiro atoms. The monoisotopic (exact) mass is 427 g/mol. The van der Waals surface area contributed by atoms with Crippen LogP contribution < -0.4 is 4.90 Å². The maximum atomic E-state index is 13.5. The van der Waals surface area contributed by atoms with Gasteiger partial charge in [-0.15, -0.1) is 0 Å². The molecule has 8 nitrogen and oxygen atoms in total. The molecule has 0 N–H and O–H groups in total. The van der Waals surface area contributed by atoms with Crippen LogP contribution in [0.3, 0.4) is 0 Å². The number of carbonyl (C=O) groups excluding carboxylic acids is 4. The van der Waals surface area contributed by atoms with Crippen molar-refractivity contribution in [2.75, 3.05) is 18.1 Å². The summed E-state index contributed by atoms with van der Waals surface area (Å²) >= 11 is 0. The van der Waals surface area contributed by atoms with Crippen LogP contribution in [0.15, 0.2) is 24.3 Å². The first-order valence-corrected chi connectivity index (χ1v) is 11.0. The van der Waals surface area contributed by atoms with Crippen LogP contribution in [-0.2, 0) is 19.1 Å². The maximum Gasteiger partial charge on any atom is 0.354 e. The van der Waals surface area contributed by atoms with E-state index >= 15 is 0 Å². The number of benzene rings is 1. The fraction of sp³-hybridized carbons (Fsp3) is 0.565. The maximum absolute atomic E-state index is 13.5. The summed E-state index contributed by atoms with van der Waals surface area (Å²) in [5.74, 6) is -1.53. The van der Waals surface area contributed by atoms with E-state index in [2.05, 4.69) is 0 Å². The van der Waals surface area contributed by atoms with E-state index in [1.54, 1.807) is 29.2 Å². The summed E-state index contributed by atoms with van der Waals surface area (Å²) in [6, 6.07) is 6.57. The van der Waals surface area contributed by atoms with Crippen LogP contribution >= 0.6 is 0 Å². The van der Waals surface area contributed by atoms with Crippen molar-refractivity contribution in [2.24, 2.45) is 0 Å². The summed E-state index contributed by atoms with van der Waals surface area (Å²) in [5.41, 5.74) is -0.766. The molecule has 2 atom stereocenters. The summed E-state index contributed by atoms with van der Waals surface area (Å²) in [6.45, 7) is 5.86. The summed E-state index contributed by atoms with van der Waals surface area (Å²) < 4.78 is 5.52. The minimum Gasteiger partial charge on any atom is -0.452 e. The highest BCUT2D eigenvalue weighted by Gasteiger charge is 2.62. The predicted molar refractivity (Wildman–Crippen MR) is 113 cm³/mol. The van der Waals surface area contributed by atoms with Crippen LogP contribution in [0.5, 0.6) is 0 Å². The lowest BCUT2D eigenvalue weighted by molar-refractivity contribution is -0.163. The summed E-state index contributed by atoms with van der Waals surface area (Å²) in [7, 11) is 0. The molecule has 0 saturated carbocycles. The Kier molecular flexibility index (Phi) is 5.49. The van der Waals surface area contributed by atoms with E-state index < -0.39 is 18.2 Å². The van der Waals surface area contributed by atoms with Crippen molar-refractivity contribution in [3.05, 3.63) is 29.8 Å². The van der Waals surface area contributed by atoms with Gasteiger partial charge in [0.15, 0.2) is 6.61 Å². The number of hydrogen-bond donors (Lipinski definition) is 0. The smallest absolute Gasteiger partial charge is 0.354 e. The first-order valence-electron chi connectivity index (χ1n) is 11.0. The van der Waals surface area contributed by atoms with Gasteiger partial charge in [-0.3, -0.25) is 19.3 Å². The Bertz CT molecular complexity index is 930. The van der Waals surface area contributed by atoms with Gasteiger partial charge in [0.25, 0.3) is 11.8 Å². The van der Waals surface area contributed by atoms with Crippen molar-refractivity contribution < 1.29 is 23.9 Å². The van der Waals surface area contributed by atoms with E-state index in [1.807, 2.05) is 20.8 Å². The van der Waals surface area contributed by atoms with Crippen LogP contribution in [0.1, 0.15) is 63.2 Å². The van der Waals surface area contributed by atoms with Crippen LogP contribution in [0.2, 0.25) is 0 Å². The summed E-state index contributed by atoms with van der Waals surface area (Å²) in [6.07, 6.45) is 3.20. The zero-order valence-electron chi connectivity index (χ0n) is 18.3. The van der Waals surface area contributed by atoms with Crippen molar-refractivity contribution in [2.45, 2.75) is 70.6 Å². The lowest BCUT2D eigenvalue weighted by Gasteiger charge is -2.50. The molecule has 8 heteroatoms. The van der Waals surface area contributed by atoms with Gasteiger partial charge in [-0.05, 0) is 52.2 Å². The molecule has 166 valence electrons. The third-order valence-electron chi connectivity index (χ3n) is 6.59. The standard InChI is InChI=1S/C23H29N3O5/c1-15(2)25-21(29)17-9-4-5-10-18(17)26-19(27)11-12-23(25,26)22(30)31-14-20(28)24-13-7-6-8-16(24)3/h4-5,9-10,15-16H,6-8,11-14H2,1-3H3/t16-,23-/m0/s1. The van der Waals surface area contributed by atoms with Crippen LogP contribution in [0.4, 0.5) is 5.69 Å². The minimum absolute atomic E-state index is 0.109. The second-order valence-electron chi connectivity index (χ2n) is 8.84. The molecule has 1 aromatic carbocycles. The highest BCUT2D eigenvalue weighted by Crippen LogP contribution is 2.45. The van der Waals surface area contributed by atoms with Crippen LogP contribution in [0.25, 0.3) is 0 Å². The van der Waals surface area contributed by atoms with Gasteiger partial charge >= 0.3 is 5.97 Å². The zero-order valence-corrected chi connectivity index (χ0v) is 18.3. The fourth-order valence-corrected chi connectivity index (χ4v) is 5.17. The zero-order chi connectivity index (χ0) is 22.3. The Morgan fingerprint density at radius 1 is 1.19 bits per heavy atom. The molecular weight excluding hydrogens is 398 g/mol. The average Bonchev–Trinajstić information content (AvgIpc) is 3.10. The highest BCUT2D eigenvalue weighted by molar-refractivity contribution is 6.15. The highest BCUT2D eigenvalue weighted by atomic mass is 16.5. The molecule has 3 amide bonds. The van der Waals surface area contributed by atoms with Crippen molar-refractivity contribution in [1.82, 2.24) is 9.80 Å². The molecule has 2 fully saturated rings. The second-order valence-corrected chi connectivity index (χ2v) is 8.84. The largest absolute Gasteiger partial charge is 0.452 e. The molecule has 3 aliphatic heterocycles. The number of carbonyl (C=O) groups is 4. The molecule has 0 radical (unpaired) electrons. The van der Waals surface area contributed by atoms with Gasteiger partial charge in [0.2, 0.25) is 11.6 Å². The second kappa shape index (κ2) is 7.98. The van der Waals surface area contributed by atoms with Gasteiger partial charge in [-0.25, -0.2) is 4.79 Å². The number of likely N-dealkylation sites (tertiary alicyclic amines) is 1. The van der Waals surface area contributed by atoms with E-state index in [9.17, 15) is 19.2 Å². The molecule has 3 aliphatic rings. The van der Waals surface area contributed by atoms with E-state index in [0.717, 1.165) is 19.3 Å². The Hall–Kier alpha value is -2.90. The van der Waals surface area contributed by atoms with Crippen molar-refractivity contribution >= 4 is 29.4 Å². The molecular formula is C23H29N3O5. The van der Waals surface area contributed by atoms with Gasteiger partial charge in [0.05, 0.1) is 11.3 Å². The molecule has 0 aliphatic carbocycles. The lowest BCUT2D eigenvalue weighted by Crippen LogP contribution is -2.70. The van der Waals surface area contributed by atoms with Crippen LogP contribution in [0, 0.1) is 0 Å². The topological polar surface area (TPSA) is 87.2 Å². The Morgan fingerprint density at radius 3 is 2.65 bits per heavy atom. The van der Waals surface area contributed by atoms with Gasteiger partial charge < -0.3 is 14.5 Å². The SMILES string of the molecule is CC(C)N1C(=O)c2ccccc2N2C(=O)CC[C@@]21C(=O)OCC(=O)N1CCCC[C@@H]1C. The number of hydrogen-bond acceptors (Lipinski definition) is 5. The van der Waals surface area contributed by atoms with Crippen molar-refractivity contribution in [3.63, 3.8) is 0 Å². The number of esters is 1. The summed E-state index contributed by atoms with van der Waals surface area (Å²) in [5, 5.41) is 0. The van der Waals surface area contributed by atoms with E-state index in [1.165, 1.54) is 9.80 Å². The molecule has 1 aromatic rings. The predicted octanol–water partition coefficient (Wildman–Crippen LogP) is 2.32. The number of anilines is 1. The lowest BCUT2D eigenvalue weighted by atomic mass is 9.95. The van der Waals surface area contributed by atoms with Gasteiger partial charge in [0, 0.05) is 31.5 Å². The number of rotatable bonds is 4. The minimum atomic E-state index is -1.56. The molecule has 0 unspecified atom stereocenters. The molecule has 31 heavy (non-hydrogen) atoms. The molecule has 0 aromatic heterocycles. The van der Waals surface area contributed by atoms with E-state index in [-0.39, 0.29) is 42.6 Å². The number of para-hydroxylation sites is 1. The normalized spacial score (nSPS) is 25.5. The Balaban J connectivity index is 1.65. The number of piperidine rings is 1. The molecule has 0 bridgehead atoms. The molecule has 2 saturated heterocycles. The third-order valence-corrected chi connectivity index (χ3v) is 6.59. The van der Waals surface area contributed by atoms with Gasteiger partial charge in [-0.1, -0.05) is 12.1 Å². The molecule has 4 rings (SSSR count). The quantitative estimate of drug-likeness (QED) is 0.689. The fourth-order valence-electron chi connectivity index (χ4n) is 5.17. The van der Waals surface area contributed by atoms with Gasteiger partial charge in [0.1, 0.15) is 0 Å². The van der Waals surface area contributed by atoms with Gasteiger partial charge in [-0.2, -0.15) is 0 Å². The summed E-state index contributed by atoms with van der Waals surface area (Å²) in [4.78, 5) is 57.0. The van der Waals surface area contributed by atoms with Crippen LogP contribution in [-0.4, -0.2) is 64.4 Å². The first kappa shape index (κ1) is 21.3. The third kappa shape index (κ3) is 3.28. The number of ether oxygens (including phenoxy) is 1. The van der Waals surface area contributed by atoms with Crippen molar-refractivity contribution in [3.8, 4) is 0 Å². The van der Waals surface area contributed by atoms with E-state index in [4.69, 9.17) is 4.74 Å². The van der Waals surface area contributed by atoms with Crippen molar-refractivity contribution in [1.29, 1.82) is 0 Å². The number of nitrogens with zero attached hydrogens (tertiary/aromatic N) is 3. The molecule has 3 heterocycles. The first-order chi connectivity index (χ1) is 14.8. The Morgan fingerprint density at radius 2 is 1.94 bits per heavy atom. The average molecular weight is 428 g/mol.